The fourth-order valence-corrected chi connectivity index (χ4v) is 3.82. The molecule has 0 aromatic rings. The highest BCUT2D eigenvalue weighted by Gasteiger charge is 2.46. The summed E-state index contributed by atoms with van der Waals surface area (Å²) >= 11 is 0. The third-order valence-corrected chi connectivity index (χ3v) is 5.13. The Hall–Kier alpha value is -1.39. The molecule has 0 radical (unpaired) electrons. The Balaban J connectivity index is 1.64. The van der Waals surface area contributed by atoms with Gasteiger partial charge in [-0.05, 0) is 25.7 Å². The fourth-order valence-electron chi connectivity index (χ4n) is 3.82. The Morgan fingerprint density at radius 2 is 1.24 bits per heavy atom. The Morgan fingerprint density at radius 1 is 0.762 bits per heavy atom. The zero-order valence-corrected chi connectivity index (χ0v) is 12.6. The summed E-state index contributed by atoms with van der Waals surface area (Å²) in [7, 11) is 0. The maximum atomic E-state index is 12.5. The Bertz CT molecular complexity index is 437. The van der Waals surface area contributed by atoms with Crippen LogP contribution in [0.25, 0.3) is 0 Å². The molecule has 1 saturated heterocycles. The van der Waals surface area contributed by atoms with Gasteiger partial charge in [-0.2, -0.15) is 5.01 Å². The zero-order chi connectivity index (χ0) is 14.8. The number of carbonyl (C=O) groups excluding carboxylic acids is 3. The summed E-state index contributed by atoms with van der Waals surface area (Å²) in [5.74, 6) is -0.429. The molecule has 0 spiro atoms. The maximum absolute atomic E-state index is 12.5. The van der Waals surface area contributed by atoms with E-state index in [0.717, 1.165) is 56.4 Å². The van der Waals surface area contributed by atoms with Crippen molar-refractivity contribution in [3.8, 4) is 0 Å². The molecule has 0 unspecified atom stereocenters. The normalized spacial score (nSPS) is 24.9. The predicted octanol–water partition coefficient (Wildman–Crippen LogP) is 2.26. The van der Waals surface area contributed by atoms with E-state index in [-0.39, 0.29) is 36.1 Å². The van der Waals surface area contributed by atoms with Crippen LogP contribution in [-0.2, 0) is 14.4 Å². The first-order chi connectivity index (χ1) is 10.2. The van der Waals surface area contributed by atoms with E-state index >= 15 is 0 Å². The summed E-state index contributed by atoms with van der Waals surface area (Å²) in [5.41, 5.74) is 0. The number of hydrogen-bond acceptors (Lipinski definition) is 3. The molecule has 3 fully saturated rings. The number of imide groups is 1. The number of hydrazine groups is 1. The van der Waals surface area contributed by atoms with Crippen molar-refractivity contribution in [3.63, 3.8) is 0 Å². The molecule has 1 heterocycles. The van der Waals surface area contributed by atoms with Crippen molar-refractivity contribution in [1.82, 2.24) is 10.0 Å². The SMILES string of the molecule is O=C(C1CCCCC1)N1CC(=O)N1C(=O)C1CCCCC1. The van der Waals surface area contributed by atoms with Crippen molar-refractivity contribution in [2.45, 2.75) is 64.2 Å². The molecule has 5 nitrogen and oxygen atoms in total. The van der Waals surface area contributed by atoms with Crippen LogP contribution in [0.5, 0.6) is 0 Å². The van der Waals surface area contributed by atoms with Crippen LogP contribution in [0.1, 0.15) is 64.2 Å². The third-order valence-electron chi connectivity index (χ3n) is 5.13. The second kappa shape index (κ2) is 6.16. The lowest BCUT2D eigenvalue weighted by atomic mass is 9.87. The van der Waals surface area contributed by atoms with E-state index in [0.29, 0.717) is 0 Å². The van der Waals surface area contributed by atoms with Gasteiger partial charge in [-0.1, -0.05) is 38.5 Å². The van der Waals surface area contributed by atoms with Gasteiger partial charge in [0, 0.05) is 11.8 Å². The molecule has 0 N–H and O–H groups in total. The lowest BCUT2D eigenvalue weighted by Crippen LogP contribution is -2.67. The quantitative estimate of drug-likeness (QED) is 0.734. The number of amides is 3. The van der Waals surface area contributed by atoms with Crippen LogP contribution < -0.4 is 0 Å². The second-order valence-corrected chi connectivity index (χ2v) is 6.61. The molecule has 3 rings (SSSR count). The average Bonchev–Trinajstić information content (AvgIpc) is 2.53. The summed E-state index contributed by atoms with van der Waals surface area (Å²) in [6, 6.07) is 0. The highest BCUT2D eigenvalue weighted by molar-refractivity contribution is 6.04. The van der Waals surface area contributed by atoms with Crippen molar-refractivity contribution >= 4 is 17.7 Å². The first-order valence-corrected chi connectivity index (χ1v) is 8.36. The first-order valence-electron chi connectivity index (χ1n) is 8.36. The predicted molar refractivity (Wildman–Crippen MR) is 76.7 cm³/mol. The van der Waals surface area contributed by atoms with Crippen LogP contribution in [-0.4, -0.2) is 34.3 Å². The van der Waals surface area contributed by atoms with Gasteiger partial charge in [0.05, 0.1) is 0 Å². The van der Waals surface area contributed by atoms with Crippen molar-refractivity contribution in [2.24, 2.45) is 11.8 Å². The van der Waals surface area contributed by atoms with Gasteiger partial charge in [-0.3, -0.25) is 14.4 Å². The topological polar surface area (TPSA) is 57.7 Å². The Labute approximate surface area is 125 Å². The number of rotatable bonds is 2. The summed E-state index contributed by atoms with van der Waals surface area (Å²) in [6.45, 7) is 0.0911. The molecule has 5 heteroatoms. The molecule has 2 saturated carbocycles. The van der Waals surface area contributed by atoms with E-state index < -0.39 is 0 Å². The molecule has 1 aliphatic heterocycles. The summed E-state index contributed by atoms with van der Waals surface area (Å²) in [4.78, 5) is 36.8. The van der Waals surface area contributed by atoms with Crippen molar-refractivity contribution in [3.05, 3.63) is 0 Å². The van der Waals surface area contributed by atoms with Crippen LogP contribution in [0.15, 0.2) is 0 Å². The Morgan fingerprint density at radius 3 is 1.71 bits per heavy atom. The van der Waals surface area contributed by atoms with E-state index in [2.05, 4.69) is 0 Å². The number of hydrogen-bond donors (Lipinski definition) is 0. The van der Waals surface area contributed by atoms with Gasteiger partial charge in [0.15, 0.2) is 0 Å². The standard InChI is InChI=1S/C16H24N2O3/c19-14-11-17(15(20)12-7-3-1-4-8-12)18(14)16(21)13-9-5-2-6-10-13/h12-13H,1-11H2. The van der Waals surface area contributed by atoms with E-state index in [9.17, 15) is 14.4 Å². The molecule has 3 amide bonds. The maximum Gasteiger partial charge on any atom is 0.270 e. The van der Waals surface area contributed by atoms with Crippen LogP contribution in [0.2, 0.25) is 0 Å². The van der Waals surface area contributed by atoms with Gasteiger partial charge >= 0.3 is 0 Å². The molecule has 0 aromatic heterocycles. The molecular formula is C16H24N2O3. The molecule has 0 atom stereocenters. The molecule has 0 bridgehead atoms. The van der Waals surface area contributed by atoms with E-state index in [4.69, 9.17) is 0 Å². The van der Waals surface area contributed by atoms with E-state index in [1.54, 1.807) is 0 Å². The minimum atomic E-state index is -0.213. The molecular weight excluding hydrogens is 268 g/mol. The fraction of sp³-hybridized carbons (Fsp3) is 0.812. The minimum absolute atomic E-state index is 0.00788. The van der Waals surface area contributed by atoms with E-state index in [1.807, 2.05) is 0 Å². The van der Waals surface area contributed by atoms with Crippen molar-refractivity contribution in [2.75, 3.05) is 6.54 Å². The summed E-state index contributed by atoms with van der Waals surface area (Å²) in [5, 5.41) is 2.56. The molecule has 116 valence electrons. The van der Waals surface area contributed by atoms with Crippen molar-refractivity contribution in [1.29, 1.82) is 0 Å². The summed E-state index contributed by atoms with van der Waals surface area (Å²) in [6.07, 6.45) is 10.1. The molecule has 21 heavy (non-hydrogen) atoms. The van der Waals surface area contributed by atoms with Crippen molar-refractivity contribution < 1.29 is 14.4 Å². The highest BCUT2D eigenvalue weighted by atomic mass is 16.2. The first kappa shape index (κ1) is 14.5. The second-order valence-electron chi connectivity index (χ2n) is 6.61. The lowest BCUT2D eigenvalue weighted by Gasteiger charge is -2.44. The van der Waals surface area contributed by atoms with Gasteiger partial charge in [-0.25, -0.2) is 5.01 Å². The zero-order valence-electron chi connectivity index (χ0n) is 12.6. The average molecular weight is 292 g/mol. The summed E-state index contributed by atoms with van der Waals surface area (Å²) < 4.78 is 0. The van der Waals surface area contributed by atoms with Gasteiger partial charge in [-0.15, -0.1) is 0 Å². The van der Waals surface area contributed by atoms with Crippen LogP contribution in [0, 0.1) is 11.8 Å². The van der Waals surface area contributed by atoms with Crippen LogP contribution in [0.4, 0.5) is 0 Å². The lowest BCUT2D eigenvalue weighted by molar-refractivity contribution is -0.197. The largest absolute Gasteiger partial charge is 0.273 e. The number of nitrogens with zero attached hydrogens (tertiary/aromatic N) is 2. The molecule has 3 aliphatic rings. The van der Waals surface area contributed by atoms with Gasteiger partial charge in [0.25, 0.3) is 11.8 Å². The van der Waals surface area contributed by atoms with Gasteiger partial charge in [0.2, 0.25) is 5.91 Å². The number of carbonyl (C=O) groups is 3. The highest BCUT2D eigenvalue weighted by Crippen LogP contribution is 2.31. The van der Waals surface area contributed by atoms with Crippen LogP contribution in [0.3, 0.4) is 0 Å². The minimum Gasteiger partial charge on any atom is -0.273 e. The van der Waals surface area contributed by atoms with E-state index in [1.165, 1.54) is 17.9 Å². The monoisotopic (exact) mass is 292 g/mol. The van der Waals surface area contributed by atoms with Gasteiger partial charge in [0.1, 0.15) is 6.54 Å². The van der Waals surface area contributed by atoms with Gasteiger partial charge < -0.3 is 0 Å². The molecule has 2 aliphatic carbocycles. The third kappa shape index (κ3) is 2.83. The van der Waals surface area contributed by atoms with Crippen LogP contribution >= 0.6 is 0 Å². The smallest absolute Gasteiger partial charge is 0.270 e. The molecule has 0 aromatic carbocycles. The Kier molecular flexibility index (Phi) is 4.27.